The summed E-state index contributed by atoms with van der Waals surface area (Å²) >= 11 is 0. The number of esters is 1. The Morgan fingerprint density at radius 2 is 1.61 bits per heavy atom. The van der Waals surface area contributed by atoms with Crippen molar-refractivity contribution >= 4 is 29.2 Å². The van der Waals surface area contributed by atoms with Gasteiger partial charge >= 0.3 is 5.97 Å². The van der Waals surface area contributed by atoms with Gasteiger partial charge in [0.25, 0.3) is 5.91 Å². The Hall–Kier alpha value is -2.89. The number of allylic oxidation sites excluding steroid dienone is 3. The van der Waals surface area contributed by atoms with Crippen molar-refractivity contribution in [3.05, 3.63) is 48.6 Å². The molecule has 23 heavy (non-hydrogen) atoms. The molecule has 1 atom stereocenters. The molecule has 0 heterocycles. The van der Waals surface area contributed by atoms with Crippen molar-refractivity contribution in [1.29, 1.82) is 0 Å². The second-order valence-electron chi connectivity index (χ2n) is 4.71. The molecule has 2 amide bonds. The van der Waals surface area contributed by atoms with E-state index in [4.69, 9.17) is 4.74 Å². The first-order valence-corrected chi connectivity index (χ1v) is 7.11. The first kappa shape index (κ1) is 18.2. The fourth-order valence-electron chi connectivity index (χ4n) is 1.60. The minimum Gasteiger partial charge on any atom is -0.449 e. The van der Waals surface area contributed by atoms with Crippen molar-refractivity contribution in [1.82, 2.24) is 0 Å². The zero-order valence-corrected chi connectivity index (χ0v) is 13.3. The number of nitrogens with one attached hydrogen (secondary N) is 2. The Bertz CT molecular complexity index is 618. The second-order valence-corrected chi connectivity index (χ2v) is 4.71. The van der Waals surface area contributed by atoms with E-state index in [1.54, 1.807) is 36.4 Å². The third-order valence-electron chi connectivity index (χ3n) is 2.67. The van der Waals surface area contributed by atoms with E-state index in [9.17, 15) is 14.4 Å². The highest BCUT2D eigenvalue weighted by Crippen LogP contribution is 2.14. The number of hydrogen-bond acceptors (Lipinski definition) is 4. The van der Waals surface area contributed by atoms with E-state index in [0.29, 0.717) is 11.4 Å². The summed E-state index contributed by atoms with van der Waals surface area (Å²) in [5, 5.41) is 5.25. The van der Waals surface area contributed by atoms with E-state index >= 15 is 0 Å². The summed E-state index contributed by atoms with van der Waals surface area (Å²) in [5.74, 6) is -1.20. The molecule has 0 saturated carbocycles. The van der Waals surface area contributed by atoms with Gasteiger partial charge in [-0.1, -0.05) is 18.2 Å². The summed E-state index contributed by atoms with van der Waals surface area (Å²) < 4.78 is 4.98. The van der Waals surface area contributed by atoms with Gasteiger partial charge in [-0.2, -0.15) is 0 Å². The normalized spacial score (nSPS) is 12.1. The molecule has 0 saturated heterocycles. The molecule has 2 N–H and O–H groups in total. The van der Waals surface area contributed by atoms with Crippen LogP contribution in [0.1, 0.15) is 20.8 Å². The molecule has 0 aliphatic rings. The van der Waals surface area contributed by atoms with Crippen LogP contribution in [-0.4, -0.2) is 23.9 Å². The van der Waals surface area contributed by atoms with E-state index in [2.05, 4.69) is 10.6 Å². The summed E-state index contributed by atoms with van der Waals surface area (Å²) in [4.78, 5) is 34.3. The zero-order chi connectivity index (χ0) is 17.2. The van der Waals surface area contributed by atoms with Crippen LogP contribution in [-0.2, 0) is 19.1 Å². The maximum absolute atomic E-state index is 11.9. The van der Waals surface area contributed by atoms with Crippen LogP contribution in [0.25, 0.3) is 0 Å². The van der Waals surface area contributed by atoms with Crippen molar-refractivity contribution in [2.45, 2.75) is 26.9 Å². The monoisotopic (exact) mass is 316 g/mol. The molecule has 0 radical (unpaired) electrons. The molecule has 1 aromatic carbocycles. The summed E-state index contributed by atoms with van der Waals surface area (Å²) in [5.41, 5.74) is 1.17. The maximum Gasteiger partial charge on any atom is 0.331 e. The number of carbonyl (C=O) groups is 3. The number of anilines is 2. The lowest BCUT2D eigenvalue weighted by molar-refractivity contribution is -0.148. The molecule has 6 heteroatoms. The fraction of sp³-hybridized carbons (Fsp3) is 0.235. The number of ether oxygens (including phenoxy) is 1. The van der Waals surface area contributed by atoms with Gasteiger partial charge in [0, 0.05) is 24.4 Å². The Morgan fingerprint density at radius 3 is 2.13 bits per heavy atom. The van der Waals surface area contributed by atoms with Gasteiger partial charge in [0.2, 0.25) is 5.91 Å². The maximum atomic E-state index is 11.9. The van der Waals surface area contributed by atoms with Crippen LogP contribution in [0, 0.1) is 0 Å². The molecule has 0 bridgehead atoms. The quantitative estimate of drug-likeness (QED) is 0.480. The number of carbonyl (C=O) groups excluding carboxylic acids is 3. The molecule has 0 aliphatic heterocycles. The molecule has 1 rings (SSSR count). The van der Waals surface area contributed by atoms with Gasteiger partial charge < -0.3 is 15.4 Å². The van der Waals surface area contributed by atoms with Crippen molar-refractivity contribution in [2.24, 2.45) is 0 Å². The summed E-state index contributed by atoms with van der Waals surface area (Å²) in [6, 6.07) is 6.61. The first-order chi connectivity index (χ1) is 10.9. The van der Waals surface area contributed by atoms with Gasteiger partial charge in [-0.05, 0) is 38.1 Å². The SMILES string of the molecule is C/C=C/C=C/C(=O)O[C@@H](C)C(=O)Nc1ccc(NC(C)=O)cc1. The van der Waals surface area contributed by atoms with Crippen LogP contribution < -0.4 is 10.6 Å². The van der Waals surface area contributed by atoms with E-state index in [1.165, 1.54) is 26.0 Å². The van der Waals surface area contributed by atoms with Crippen molar-refractivity contribution in [3.8, 4) is 0 Å². The van der Waals surface area contributed by atoms with Crippen LogP contribution in [0.5, 0.6) is 0 Å². The topological polar surface area (TPSA) is 84.5 Å². The summed E-state index contributed by atoms with van der Waals surface area (Å²) in [7, 11) is 0. The number of amides is 2. The molecule has 122 valence electrons. The van der Waals surface area contributed by atoms with Gasteiger partial charge in [-0.25, -0.2) is 4.79 Å². The van der Waals surface area contributed by atoms with Gasteiger partial charge in [-0.15, -0.1) is 0 Å². The molecule has 0 aliphatic carbocycles. The Labute approximate surface area is 135 Å². The smallest absolute Gasteiger partial charge is 0.331 e. The predicted molar refractivity (Wildman–Crippen MR) is 88.9 cm³/mol. The molecule has 0 unspecified atom stereocenters. The van der Waals surface area contributed by atoms with Crippen LogP contribution in [0.15, 0.2) is 48.6 Å². The minimum atomic E-state index is -0.923. The highest BCUT2D eigenvalue weighted by molar-refractivity contribution is 5.96. The van der Waals surface area contributed by atoms with Crippen LogP contribution in [0.2, 0.25) is 0 Å². The van der Waals surface area contributed by atoms with Gasteiger partial charge in [0.15, 0.2) is 6.10 Å². The van der Waals surface area contributed by atoms with Crippen molar-refractivity contribution in [3.63, 3.8) is 0 Å². The van der Waals surface area contributed by atoms with Gasteiger partial charge in [0.1, 0.15) is 0 Å². The molecule has 0 aromatic heterocycles. The highest BCUT2D eigenvalue weighted by Gasteiger charge is 2.16. The average Bonchev–Trinajstić information content (AvgIpc) is 2.49. The fourth-order valence-corrected chi connectivity index (χ4v) is 1.60. The Kier molecular flexibility index (Phi) is 7.26. The third kappa shape index (κ3) is 7.08. The van der Waals surface area contributed by atoms with Gasteiger partial charge in [0.05, 0.1) is 0 Å². The largest absolute Gasteiger partial charge is 0.449 e. The number of hydrogen-bond donors (Lipinski definition) is 2. The molecule has 0 spiro atoms. The Morgan fingerprint density at radius 1 is 1.04 bits per heavy atom. The van der Waals surface area contributed by atoms with E-state index < -0.39 is 18.0 Å². The molecule has 1 aromatic rings. The predicted octanol–water partition coefficient (Wildman–Crippen LogP) is 2.65. The van der Waals surface area contributed by atoms with Crippen LogP contribution in [0.4, 0.5) is 11.4 Å². The van der Waals surface area contributed by atoms with E-state index in [1.807, 2.05) is 6.92 Å². The number of benzene rings is 1. The number of rotatable bonds is 6. The molecule has 6 nitrogen and oxygen atoms in total. The highest BCUT2D eigenvalue weighted by atomic mass is 16.5. The first-order valence-electron chi connectivity index (χ1n) is 7.11. The van der Waals surface area contributed by atoms with E-state index in [-0.39, 0.29) is 5.91 Å². The zero-order valence-electron chi connectivity index (χ0n) is 13.3. The third-order valence-corrected chi connectivity index (χ3v) is 2.67. The summed E-state index contributed by atoms with van der Waals surface area (Å²) in [6.07, 6.45) is 5.31. The van der Waals surface area contributed by atoms with Crippen LogP contribution in [0.3, 0.4) is 0 Å². The average molecular weight is 316 g/mol. The second kappa shape index (κ2) is 9.19. The summed E-state index contributed by atoms with van der Waals surface area (Å²) in [6.45, 7) is 4.72. The lowest BCUT2D eigenvalue weighted by Gasteiger charge is -2.12. The lowest BCUT2D eigenvalue weighted by atomic mass is 10.2. The lowest BCUT2D eigenvalue weighted by Crippen LogP contribution is -2.29. The molecule has 0 fully saturated rings. The van der Waals surface area contributed by atoms with Gasteiger partial charge in [-0.3, -0.25) is 9.59 Å². The Balaban J connectivity index is 2.54. The van der Waals surface area contributed by atoms with E-state index in [0.717, 1.165) is 0 Å². The standard InChI is InChI=1S/C17H20N2O4/c1-4-5-6-7-16(21)23-12(2)17(22)19-15-10-8-14(9-11-15)18-13(3)20/h4-12H,1-3H3,(H,18,20)(H,19,22)/b5-4+,7-6+/t12-/m0/s1. The van der Waals surface area contributed by atoms with Crippen molar-refractivity contribution in [2.75, 3.05) is 10.6 Å². The van der Waals surface area contributed by atoms with Crippen molar-refractivity contribution < 1.29 is 19.1 Å². The molecular formula is C17H20N2O4. The minimum absolute atomic E-state index is 0.173. The van der Waals surface area contributed by atoms with Crippen LogP contribution >= 0.6 is 0 Å². The molecular weight excluding hydrogens is 296 g/mol.